The minimum atomic E-state index is -3.62. The zero-order chi connectivity index (χ0) is 23.8. The summed E-state index contributed by atoms with van der Waals surface area (Å²) in [4.78, 5) is 16.2. The first-order chi connectivity index (χ1) is 15.9. The molecule has 1 aliphatic rings. The van der Waals surface area contributed by atoms with Crippen molar-refractivity contribution in [2.45, 2.75) is 42.9 Å². The Morgan fingerprint density at radius 3 is 2.33 bits per heavy atom. The highest BCUT2D eigenvalue weighted by Crippen LogP contribution is 2.32. The number of carbonyl (C=O) groups excluding carboxylic acids is 1. The van der Waals surface area contributed by atoms with Crippen LogP contribution in [0.15, 0.2) is 52.3 Å². The third-order valence-electron chi connectivity index (χ3n) is 5.71. The summed E-state index contributed by atoms with van der Waals surface area (Å²) in [5, 5.41) is 2.98. The molecule has 0 aromatic heterocycles. The second-order valence-corrected chi connectivity index (χ2v) is 10.8. The maximum atomic E-state index is 13.1. The quantitative estimate of drug-likeness (QED) is 0.495. The molecule has 33 heavy (non-hydrogen) atoms. The number of ether oxygens (including phenoxy) is 1. The summed E-state index contributed by atoms with van der Waals surface area (Å²) in [5.74, 6) is 0.811. The van der Waals surface area contributed by atoms with Gasteiger partial charge in [-0.15, -0.1) is 11.8 Å². The van der Waals surface area contributed by atoms with E-state index in [4.69, 9.17) is 4.74 Å². The molecule has 1 N–H and O–H groups in total. The molecule has 0 aliphatic carbocycles. The van der Waals surface area contributed by atoms with E-state index in [9.17, 15) is 13.2 Å². The van der Waals surface area contributed by atoms with E-state index in [1.165, 1.54) is 22.5 Å². The molecule has 0 radical (unpaired) electrons. The Kier molecular flexibility index (Phi) is 9.05. The predicted octanol–water partition coefficient (Wildman–Crippen LogP) is 4.45. The van der Waals surface area contributed by atoms with Crippen LogP contribution in [0.25, 0.3) is 0 Å². The molecule has 7 nitrogen and oxygen atoms in total. The summed E-state index contributed by atoms with van der Waals surface area (Å²) in [5.41, 5.74) is 1.42. The third kappa shape index (κ3) is 6.43. The largest absolute Gasteiger partial charge is 0.497 e. The van der Waals surface area contributed by atoms with E-state index in [0.717, 1.165) is 42.3 Å². The van der Waals surface area contributed by atoms with Gasteiger partial charge >= 0.3 is 0 Å². The molecule has 1 aliphatic heterocycles. The molecule has 0 unspecified atom stereocenters. The van der Waals surface area contributed by atoms with Crippen molar-refractivity contribution >= 4 is 39.1 Å². The molecule has 1 amide bonds. The summed E-state index contributed by atoms with van der Waals surface area (Å²) in [6.07, 6.45) is 3.35. The van der Waals surface area contributed by atoms with Crippen molar-refractivity contribution in [2.75, 3.05) is 49.3 Å². The molecule has 9 heteroatoms. The second-order valence-electron chi connectivity index (χ2n) is 7.83. The number of piperidine rings is 1. The first-order valence-corrected chi connectivity index (χ1v) is 13.8. The van der Waals surface area contributed by atoms with Crippen LogP contribution in [0, 0.1) is 0 Å². The number of hydrogen-bond acceptors (Lipinski definition) is 6. The Morgan fingerprint density at radius 2 is 1.73 bits per heavy atom. The van der Waals surface area contributed by atoms with Crippen molar-refractivity contribution in [1.29, 1.82) is 0 Å². The van der Waals surface area contributed by atoms with E-state index in [2.05, 4.69) is 10.2 Å². The zero-order valence-electron chi connectivity index (χ0n) is 19.5. The van der Waals surface area contributed by atoms with Gasteiger partial charge in [-0.3, -0.25) is 4.79 Å². The van der Waals surface area contributed by atoms with Crippen LogP contribution in [-0.2, 0) is 14.8 Å². The minimum absolute atomic E-state index is 0.175. The van der Waals surface area contributed by atoms with Crippen molar-refractivity contribution in [3.8, 4) is 5.75 Å². The number of hydrogen-bond donors (Lipinski definition) is 1. The lowest BCUT2D eigenvalue weighted by molar-refractivity contribution is -0.113. The number of benzene rings is 2. The van der Waals surface area contributed by atoms with Crippen molar-refractivity contribution in [1.82, 2.24) is 4.31 Å². The van der Waals surface area contributed by atoms with Gasteiger partial charge in [0.1, 0.15) is 5.75 Å². The number of carbonyl (C=O) groups is 1. The second kappa shape index (κ2) is 11.8. The molecule has 180 valence electrons. The van der Waals surface area contributed by atoms with Gasteiger partial charge in [0.15, 0.2) is 0 Å². The maximum Gasteiger partial charge on any atom is 0.243 e. The standard InChI is InChI=1S/C24H33N3O4S2/c1-4-27(5-2)33(29,30)21-13-14-23(26-15-7-6-8-16-26)22(17-21)25-24(28)18-32-20-11-9-19(31-3)10-12-20/h9-14,17H,4-8,15-16,18H2,1-3H3,(H,25,28). The van der Waals surface area contributed by atoms with Crippen LogP contribution >= 0.6 is 11.8 Å². The molecular weight excluding hydrogens is 458 g/mol. The summed E-state index contributed by atoms with van der Waals surface area (Å²) in [7, 11) is -2.01. The van der Waals surface area contributed by atoms with E-state index in [1.54, 1.807) is 19.2 Å². The Morgan fingerprint density at radius 1 is 1.06 bits per heavy atom. The van der Waals surface area contributed by atoms with Crippen LogP contribution in [0.1, 0.15) is 33.1 Å². The number of nitrogens with one attached hydrogen (secondary N) is 1. The van der Waals surface area contributed by atoms with Gasteiger partial charge < -0.3 is 15.0 Å². The molecule has 1 fully saturated rings. The molecule has 2 aromatic rings. The van der Waals surface area contributed by atoms with Crippen LogP contribution in [0.2, 0.25) is 0 Å². The fourth-order valence-corrected chi connectivity index (χ4v) is 6.09. The van der Waals surface area contributed by atoms with Crippen LogP contribution in [0.3, 0.4) is 0 Å². The van der Waals surface area contributed by atoms with Gasteiger partial charge in [0, 0.05) is 31.1 Å². The van der Waals surface area contributed by atoms with Gasteiger partial charge in [-0.1, -0.05) is 13.8 Å². The Hall–Kier alpha value is -2.23. The summed E-state index contributed by atoms with van der Waals surface area (Å²) >= 11 is 1.42. The Balaban J connectivity index is 1.82. The van der Waals surface area contributed by atoms with Gasteiger partial charge in [-0.2, -0.15) is 4.31 Å². The molecule has 1 heterocycles. The lowest BCUT2D eigenvalue weighted by atomic mass is 10.1. The number of sulfonamides is 1. The molecular formula is C24H33N3O4S2. The highest BCUT2D eigenvalue weighted by molar-refractivity contribution is 8.00. The molecule has 0 atom stereocenters. The van der Waals surface area contributed by atoms with E-state index in [1.807, 2.05) is 44.2 Å². The smallest absolute Gasteiger partial charge is 0.243 e. The molecule has 0 bridgehead atoms. The SMILES string of the molecule is CCN(CC)S(=O)(=O)c1ccc(N2CCCCC2)c(NC(=O)CSc2ccc(OC)cc2)c1. The first kappa shape index (κ1) is 25.4. The topological polar surface area (TPSA) is 79.0 Å². The van der Waals surface area contributed by atoms with Gasteiger partial charge in [-0.05, 0) is 61.7 Å². The molecule has 3 rings (SSSR count). The highest BCUT2D eigenvalue weighted by atomic mass is 32.2. The minimum Gasteiger partial charge on any atom is -0.497 e. The van der Waals surface area contributed by atoms with Gasteiger partial charge in [0.05, 0.1) is 29.1 Å². The average molecular weight is 492 g/mol. The highest BCUT2D eigenvalue weighted by Gasteiger charge is 2.24. The molecule has 2 aromatic carbocycles. The number of thioether (sulfide) groups is 1. The molecule has 0 saturated carbocycles. The Labute approximate surface area is 201 Å². The van der Waals surface area contributed by atoms with Crippen molar-refractivity contribution in [3.63, 3.8) is 0 Å². The number of nitrogens with zero attached hydrogens (tertiary/aromatic N) is 2. The van der Waals surface area contributed by atoms with Crippen LogP contribution in [0.4, 0.5) is 11.4 Å². The number of amides is 1. The van der Waals surface area contributed by atoms with Gasteiger partial charge in [0.25, 0.3) is 0 Å². The van der Waals surface area contributed by atoms with E-state index in [0.29, 0.717) is 18.8 Å². The lowest BCUT2D eigenvalue weighted by Gasteiger charge is -2.31. The van der Waals surface area contributed by atoms with E-state index in [-0.39, 0.29) is 16.6 Å². The van der Waals surface area contributed by atoms with Gasteiger partial charge in [-0.25, -0.2) is 8.42 Å². The lowest BCUT2D eigenvalue weighted by Crippen LogP contribution is -2.32. The van der Waals surface area contributed by atoms with Crippen LogP contribution < -0.4 is 15.0 Å². The number of anilines is 2. The first-order valence-electron chi connectivity index (χ1n) is 11.3. The monoisotopic (exact) mass is 491 g/mol. The normalized spacial score (nSPS) is 14.4. The maximum absolute atomic E-state index is 13.1. The molecule has 1 saturated heterocycles. The van der Waals surface area contributed by atoms with E-state index >= 15 is 0 Å². The number of rotatable bonds is 10. The van der Waals surface area contributed by atoms with Crippen LogP contribution in [-0.4, -0.2) is 57.7 Å². The number of methoxy groups -OCH3 is 1. The van der Waals surface area contributed by atoms with E-state index < -0.39 is 10.0 Å². The molecule has 0 spiro atoms. The van der Waals surface area contributed by atoms with Crippen molar-refractivity contribution in [3.05, 3.63) is 42.5 Å². The fraction of sp³-hybridized carbons (Fsp3) is 0.458. The third-order valence-corrected chi connectivity index (χ3v) is 8.77. The summed E-state index contributed by atoms with van der Waals surface area (Å²) in [6, 6.07) is 12.6. The fourth-order valence-electron chi connectivity index (χ4n) is 3.91. The predicted molar refractivity (Wildman–Crippen MR) is 135 cm³/mol. The van der Waals surface area contributed by atoms with Crippen molar-refractivity contribution < 1.29 is 17.9 Å². The summed E-state index contributed by atoms with van der Waals surface area (Å²) < 4.78 is 32.7. The van der Waals surface area contributed by atoms with Crippen LogP contribution in [0.5, 0.6) is 5.75 Å². The average Bonchev–Trinajstić information content (AvgIpc) is 2.84. The van der Waals surface area contributed by atoms with Crippen molar-refractivity contribution in [2.24, 2.45) is 0 Å². The zero-order valence-corrected chi connectivity index (χ0v) is 21.2. The van der Waals surface area contributed by atoms with Gasteiger partial charge in [0.2, 0.25) is 15.9 Å². The summed E-state index contributed by atoms with van der Waals surface area (Å²) in [6.45, 7) is 6.22. The Bertz CT molecular complexity index is 1030.